The van der Waals surface area contributed by atoms with Gasteiger partial charge in [0.1, 0.15) is 37.8 Å². The number of hydrogen-bond donors (Lipinski definition) is 0. The Hall–Kier alpha value is -3.98. The molecule has 0 saturated carbocycles. The molecule has 3 unspecified atom stereocenters. The number of benzene rings is 3. The second kappa shape index (κ2) is 14.6. The van der Waals surface area contributed by atoms with Gasteiger partial charge in [-0.05, 0) is 67.6 Å². The van der Waals surface area contributed by atoms with E-state index >= 15 is 0 Å². The van der Waals surface area contributed by atoms with Crippen LogP contribution in [0.4, 0.5) is 0 Å². The van der Waals surface area contributed by atoms with Gasteiger partial charge >= 0.3 is 25.5 Å². The Morgan fingerprint density at radius 2 is 1.44 bits per heavy atom. The van der Waals surface area contributed by atoms with Crippen LogP contribution in [0.5, 0.6) is 5.75 Å². The highest BCUT2D eigenvalue weighted by Gasteiger charge is 2.48. The quantitative estimate of drug-likeness (QED) is 0.112. The highest BCUT2D eigenvalue weighted by Crippen LogP contribution is 2.50. The van der Waals surface area contributed by atoms with Crippen molar-refractivity contribution in [3.8, 4) is 16.9 Å². The van der Waals surface area contributed by atoms with E-state index in [9.17, 15) is 18.9 Å². The van der Waals surface area contributed by atoms with Crippen LogP contribution in [0.2, 0.25) is 0 Å². The van der Waals surface area contributed by atoms with Crippen LogP contribution in [0.3, 0.4) is 0 Å². The van der Waals surface area contributed by atoms with Crippen LogP contribution in [-0.2, 0) is 49.0 Å². The molecule has 0 aromatic heterocycles. The molecule has 1 aliphatic carbocycles. The van der Waals surface area contributed by atoms with E-state index < -0.39 is 55.1 Å². The van der Waals surface area contributed by atoms with Crippen molar-refractivity contribution in [2.75, 3.05) is 19.9 Å². The summed E-state index contributed by atoms with van der Waals surface area (Å²) in [6.07, 6.45) is -2.29. The normalized spacial score (nSPS) is 21.5. The average Bonchev–Trinajstić information content (AvgIpc) is 3.50. The van der Waals surface area contributed by atoms with Crippen molar-refractivity contribution in [2.45, 2.75) is 71.9 Å². The molecule has 5 atom stereocenters. The van der Waals surface area contributed by atoms with Crippen LogP contribution in [0, 0.1) is 11.3 Å². The molecule has 10 nitrogen and oxygen atoms in total. The molecule has 3 aromatic rings. The molecule has 0 radical (unpaired) electrons. The minimum atomic E-state index is -3.80. The minimum absolute atomic E-state index is 0.0730. The standard InChI is InChI=1S/C37H43O10P/c1-23-31(19-34(39)43-21-32-29-13-9-7-11-27(29)28-12-8-10-14-30(28)32)35(33(45-23)22-44-36(40)37(3,4)5)47-48(6,41)46-26-17-15-25(16-18-26)20-42-24(2)38/h7-18,23,31-33,35H,19-22H2,1-6H3/t23-,31?,33+,35?,48?/m0/s1. The fourth-order valence-electron chi connectivity index (χ4n) is 6.07. The molecule has 256 valence electrons. The predicted molar refractivity (Wildman–Crippen MR) is 178 cm³/mol. The first-order chi connectivity index (χ1) is 22.7. The van der Waals surface area contributed by atoms with Gasteiger partial charge in [0.15, 0.2) is 0 Å². The van der Waals surface area contributed by atoms with E-state index in [-0.39, 0.29) is 37.9 Å². The number of fused-ring (bicyclic) bond motifs is 3. The summed E-state index contributed by atoms with van der Waals surface area (Å²) in [5.74, 6) is -1.66. The van der Waals surface area contributed by atoms with Crippen molar-refractivity contribution in [3.05, 3.63) is 89.5 Å². The van der Waals surface area contributed by atoms with E-state index in [0.29, 0.717) is 0 Å². The lowest BCUT2D eigenvalue weighted by Crippen LogP contribution is -2.36. The second-order valence-electron chi connectivity index (χ2n) is 13.4. The molecule has 11 heteroatoms. The molecular formula is C37H43O10P. The third kappa shape index (κ3) is 8.53. The van der Waals surface area contributed by atoms with E-state index in [4.69, 9.17) is 28.0 Å². The summed E-state index contributed by atoms with van der Waals surface area (Å²) in [6.45, 7) is 9.80. The van der Waals surface area contributed by atoms with E-state index in [1.165, 1.54) is 13.6 Å². The first kappa shape index (κ1) is 35.3. The number of hydrogen-bond acceptors (Lipinski definition) is 10. The Bertz CT molecular complexity index is 1630. The molecule has 0 amide bonds. The van der Waals surface area contributed by atoms with Gasteiger partial charge in [-0.1, -0.05) is 60.7 Å². The number of esters is 3. The first-order valence-corrected chi connectivity index (χ1v) is 18.0. The number of carbonyl (C=O) groups is 3. The van der Waals surface area contributed by atoms with Crippen molar-refractivity contribution < 1.29 is 46.9 Å². The number of ether oxygens (including phenoxy) is 4. The topological polar surface area (TPSA) is 124 Å². The zero-order valence-corrected chi connectivity index (χ0v) is 29.1. The van der Waals surface area contributed by atoms with Crippen LogP contribution in [-0.4, -0.2) is 56.1 Å². The van der Waals surface area contributed by atoms with Crippen LogP contribution in [0.25, 0.3) is 11.1 Å². The smallest absolute Gasteiger partial charge is 0.376 e. The molecule has 1 saturated heterocycles. The van der Waals surface area contributed by atoms with E-state index in [2.05, 4.69) is 24.3 Å². The van der Waals surface area contributed by atoms with E-state index in [1.54, 1.807) is 52.0 Å². The first-order valence-electron chi connectivity index (χ1n) is 16.1. The second-order valence-corrected chi connectivity index (χ2v) is 15.3. The fourth-order valence-corrected chi connectivity index (χ4v) is 7.35. The molecule has 0 spiro atoms. The summed E-state index contributed by atoms with van der Waals surface area (Å²) in [6, 6.07) is 22.8. The molecule has 5 rings (SSSR count). The Morgan fingerprint density at radius 1 is 0.833 bits per heavy atom. The molecule has 1 aliphatic heterocycles. The van der Waals surface area contributed by atoms with Gasteiger partial charge in [0.25, 0.3) is 0 Å². The summed E-state index contributed by atoms with van der Waals surface area (Å²) in [7, 11) is -3.80. The third-order valence-corrected chi connectivity index (χ3v) is 9.67. The van der Waals surface area contributed by atoms with Gasteiger partial charge in [0, 0.05) is 25.4 Å². The maximum atomic E-state index is 13.8. The Labute approximate surface area is 281 Å². The molecule has 0 N–H and O–H groups in total. The van der Waals surface area contributed by atoms with Gasteiger partial charge in [-0.25, -0.2) is 4.57 Å². The predicted octanol–water partition coefficient (Wildman–Crippen LogP) is 7.08. The molecule has 2 aliphatic rings. The molecule has 48 heavy (non-hydrogen) atoms. The van der Waals surface area contributed by atoms with Gasteiger partial charge in [-0.3, -0.25) is 18.9 Å². The molecule has 0 bridgehead atoms. The lowest BCUT2D eigenvalue weighted by molar-refractivity contribution is -0.158. The Morgan fingerprint density at radius 3 is 2.02 bits per heavy atom. The van der Waals surface area contributed by atoms with Crippen molar-refractivity contribution in [2.24, 2.45) is 11.3 Å². The Kier molecular flexibility index (Phi) is 10.8. The molecule has 1 fully saturated rings. The molecule has 1 heterocycles. The lowest BCUT2D eigenvalue weighted by Gasteiger charge is -2.27. The van der Waals surface area contributed by atoms with Gasteiger partial charge in [-0.15, -0.1) is 0 Å². The summed E-state index contributed by atoms with van der Waals surface area (Å²) in [5, 5.41) is 0. The average molecular weight is 679 g/mol. The van der Waals surface area contributed by atoms with Crippen LogP contribution in [0.1, 0.15) is 63.6 Å². The largest absolute Gasteiger partial charge is 0.465 e. The van der Waals surface area contributed by atoms with Gasteiger partial charge in [0.05, 0.1) is 17.9 Å². The van der Waals surface area contributed by atoms with Gasteiger partial charge in [0.2, 0.25) is 0 Å². The highest BCUT2D eigenvalue weighted by molar-refractivity contribution is 7.53. The number of rotatable bonds is 12. The summed E-state index contributed by atoms with van der Waals surface area (Å²) in [4.78, 5) is 37.1. The number of carbonyl (C=O) groups excluding carboxylic acids is 3. The summed E-state index contributed by atoms with van der Waals surface area (Å²) < 4.78 is 48.3. The fraction of sp³-hybridized carbons (Fsp3) is 0.432. The SMILES string of the molecule is CC(=O)OCc1ccc(OP(C)(=O)OC2C(CC(=O)OCC3c4ccccc4-c4ccccc43)[C@H](C)O[C@@H]2COC(=O)C(C)(C)C)cc1. The van der Waals surface area contributed by atoms with Crippen molar-refractivity contribution >= 4 is 25.5 Å². The van der Waals surface area contributed by atoms with Crippen molar-refractivity contribution in [1.82, 2.24) is 0 Å². The van der Waals surface area contributed by atoms with Crippen molar-refractivity contribution in [3.63, 3.8) is 0 Å². The minimum Gasteiger partial charge on any atom is -0.465 e. The summed E-state index contributed by atoms with van der Waals surface area (Å²) >= 11 is 0. The molecule has 3 aromatic carbocycles. The van der Waals surface area contributed by atoms with Crippen LogP contribution < -0.4 is 4.52 Å². The maximum absolute atomic E-state index is 13.8. The van der Waals surface area contributed by atoms with Crippen LogP contribution >= 0.6 is 7.60 Å². The van der Waals surface area contributed by atoms with Crippen LogP contribution in [0.15, 0.2) is 72.8 Å². The van der Waals surface area contributed by atoms with Crippen molar-refractivity contribution in [1.29, 1.82) is 0 Å². The monoisotopic (exact) mass is 678 g/mol. The van der Waals surface area contributed by atoms with E-state index in [0.717, 1.165) is 27.8 Å². The highest BCUT2D eigenvalue weighted by atomic mass is 31.2. The lowest BCUT2D eigenvalue weighted by atomic mass is 9.93. The van der Waals surface area contributed by atoms with E-state index in [1.807, 2.05) is 24.3 Å². The third-order valence-electron chi connectivity index (χ3n) is 8.50. The van der Waals surface area contributed by atoms with Gasteiger partial charge < -0.3 is 23.5 Å². The van der Waals surface area contributed by atoms with Gasteiger partial charge in [-0.2, -0.15) is 0 Å². The molecular weight excluding hydrogens is 635 g/mol. The Balaban J connectivity index is 1.28. The summed E-state index contributed by atoms with van der Waals surface area (Å²) in [5.41, 5.74) is 4.46. The zero-order chi connectivity index (χ0) is 34.6. The zero-order valence-electron chi connectivity index (χ0n) is 28.2. The maximum Gasteiger partial charge on any atom is 0.376 e.